The van der Waals surface area contributed by atoms with Crippen LogP contribution in [-0.2, 0) is 6.42 Å². The molecule has 2 aromatic heterocycles. The van der Waals surface area contributed by atoms with Gasteiger partial charge in [-0.3, -0.25) is 4.79 Å². The number of rotatable bonds is 5. The van der Waals surface area contributed by atoms with Crippen LogP contribution < -0.4 is 5.32 Å². The van der Waals surface area contributed by atoms with Crippen molar-refractivity contribution >= 4 is 17.5 Å². The van der Waals surface area contributed by atoms with E-state index in [2.05, 4.69) is 20.4 Å². The van der Waals surface area contributed by atoms with Gasteiger partial charge in [0.25, 0.3) is 5.91 Å². The van der Waals surface area contributed by atoms with Crippen molar-refractivity contribution in [3.63, 3.8) is 0 Å². The first-order chi connectivity index (χ1) is 11.6. The second-order valence-electron chi connectivity index (χ2n) is 4.95. The Labute approximate surface area is 142 Å². The number of aromatic nitrogens is 4. The molecule has 3 rings (SSSR count). The van der Waals surface area contributed by atoms with Gasteiger partial charge in [0.15, 0.2) is 0 Å². The molecule has 0 unspecified atom stereocenters. The van der Waals surface area contributed by atoms with Gasteiger partial charge in [0.05, 0.1) is 16.4 Å². The van der Waals surface area contributed by atoms with E-state index in [1.54, 1.807) is 23.0 Å². The Kier molecular flexibility index (Phi) is 4.81. The number of nitrogens with one attached hydrogen (secondary N) is 1. The zero-order valence-electron chi connectivity index (χ0n) is 12.5. The van der Waals surface area contributed by atoms with Gasteiger partial charge in [-0.25, -0.2) is 19.0 Å². The SMILES string of the molecule is O=C(NCCc1ccn(-c2ccc(F)cc2)n1)c1ncncc1Cl. The first kappa shape index (κ1) is 16.1. The van der Waals surface area contributed by atoms with Crippen LogP contribution in [0.15, 0.2) is 49.1 Å². The number of benzene rings is 1. The molecule has 0 bridgehead atoms. The fourth-order valence-electron chi connectivity index (χ4n) is 2.10. The van der Waals surface area contributed by atoms with E-state index in [1.807, 2.05) is 6.07 Å². The molecule has 1 aromatic carbocycles. The number of carbonyl (C=O) groups excluding carboxylic acids is 1. The minimum Gasteiger partial charge on any atom is -0.350 e. The molecule has 1 N–H and O–H groups in total. The zero-order chi connectivity index (χ0) is 16.9. The summed E-state index contributed by atoms with van der Waals surface area (Å²) in [6.45, 7) is 0.388. The molecule has 6 nitrogen and oxygen atoms in total. The van der Waals surface area contributed by atoms with Crippen LogP contribution in [0.4, 0.5) is 4.39 Å². The third kappa shape index (κ3) is 3.75. The van der Waals surface area contributed by atoms with Crippen LogP contribution >= 0.6 is 11.6 Å². The van der Waals surface area contributed by atoms with E-state index in [4.69, 9.17) is 11.6 Å². The lowest BCUT2D eigenvalue weighted by atomic mass is 10.3. The number of hydrogen-bond donors (Lipinski definition) is 1. The van der Waals surface area contributed by atoms with Gasteiger partial charge in [-0.1, -0.05) is 11.6 Å². The maximum Gasteiger partial charge on any atom is 0.271 e. The van der Waals surface area contributed by atoms with Crippen LogP contribution in [0.25, 0.3) is 5.69 Å². The van der Waals surface area contributed by atoms with Gasteiger partial charge in [0, 0.05) is 25.4 Å². The number of carbonyl (C=O) groups is 1. The molecule has 0 radical (unpaired) electrons. The highest BCUT2D eigenvalue weighted by molar-refractivity contribution is 6.33. The quantitative estimate of drug-likeness (QED) is 0.770. The lowest BCUT2D eigenvalue weighted by molar-refractivity contribution is 0.0949. The van der Waals surface area contributed by atoms with E-state index < -0.39 is 0 Å². The molecule has 0 saturated heterocycles. The van der Waals surface area contributed by atoms with Crippen molar-refractivity contribution in [2.24, 2.45) is 0 Å². The summed E-state index contributed by atoms with van der Waals surface area (Å²) < 4.78 is 14.6. The predicted molar refractivity (Wildman–Crippen MR) is 86.6 cm³/mol. The fourth-order valence-corrected chi connectivity index (χ4v) is 2.29. The minimum atomic E-state index is -0.361. The molecule has 1 amide bonds. The van der Waals surface area contributed by atoms with Gasteiger partial charge in [-0.2, -0.15) is 5.10 Å². The average molecular weight is 346 g/mol. The largest absolute Gasteiger partial charge is 0.350 e. The molecule has 2 heterocycles. The number of nitrogens with zero attached hydrogens (tertiary/aromatic N) is 4. The van der Waals surface area contributed by atoms with Gasteiger partial charge in [0.2, 0.25) is 0 Å². The molecule has 0 aliphatic rings. The highest BCUT2D eigenvalue weighted by Gasteiger charge is 2.11. The first-order valence-corrected chi connectivity index (χ1v) is 7.55. The van der Waals surface area contributed by atoms with E-state index in [0.29, 0.717) is 13.0 Å². The molecule has 8 heteroatoms. The Morgan fingerprint density at radius 1 is 1.25 bits per heavy atom. The van der Waals surface area contributed by atoms with Gasteiger partial charge in [-0.05, 0) is 30.3 Å². The summed E-state index contributed by atoms with van der Waals surface area (Å²) in [5.74, 6) is -0.655. The molecule has 0 atom stereocenters. The maximum absolute atomic E-state index is 12.9. The van der Waals surface area contributed by atoms with Gasteiger partial charge < -0.3 is 5.32 Å². The monoisotopic (exact) mass is 345 g/mol. The normalized spacial score (nSPS) is 10.6. The summed E-state index contributed by atoms with van der Waals surface area (Å²) in [5, 5.41) is 7.33. The topological polar surface area (TPSA) is 72.7 Å². The van der Waals surface area contributed by atoms with Crippen LogP contribution in [0.1, 0.15) is 16.2 Å². The summed E-state index contributed by atoms with van der Waals surface area (Å²) >= 11 is 5.87. The summed E-state index contributed by atoms with van der Waals surface area (Å²) in [6.07, 6.45) is 4.97. The Hall–Kier alpha value is -2.80. The minimum absolute atomic E-state index is 0.142. The second-order valence-corrected chi connectivity index (χ2v) is 5.36. The maximum atomic E-state index is 12.9. The summed E-state index contributed by atoms with van der Waals surface area (Å²) in [4.78, 5) is 19.5. The van der Waals surface area contributed by atoms with Crippen molar-refractivity contribution in [3.8, 4) is 5.69 Å². The number of amides is 1. The third-order valence-electron chi connectivity index (χ3n) is 3.28. The van der Waals surface area contributed by atoms with Crippen molar-refractivity contribution in [1.29, 1.82) is 0 Å². The van der Waals surface area contributed by atoms with Gasteiger partial charge in [-0.15, -0.1) is 0 Å². The standard InChI is InChI=1S/C16H13ClFN5O/c17-14-9-19-10-21-15(14)16(24)20-7-5-12-6-8-23(22-12)13-3-1-11(18)2-4-13/h1-4,6,8-10H,5,7H2,(H,20,24). The smallest absolute Gasteiger partial charge is 0.271 e. The van der Waals surface area contributed by atoms with Gasteiger partial charge in [0.1, 0.15) is 17.8 Å². The molecular weight excluding hydrogens is 333 g/mol. The summed E-state index contributed by atoms with van der Waals surface area (Å²) in [7, 11) is 0. The predicted octanol–water partition coefficient (Wildman–Crippen LogP) is 2.43. The Balaban J connectivity index is 1.57. The van der Waals surface area contributed by atoms with Crippen LogP contribution in [0, 0.1) is 5.82 Å². The molecule has 0 aliphatic heterocycles. The molecule has 0 aliphatic carbocycles. The second kappa shape index (κ2) is 7.18. The molecular formula is C16H13ClFN5O. The van der Waals surface area contributed by atoms with Crippen LogP contribution in [0.3, 0.4) is 0 Å². The Morgan fingerprint density at radius 3 is 2.79 bits per heavy atom. The van der Waals surface area contributed by atoms with Crippen molar-refractivity contribution in [1.82, 2.24) is 25.1 Å². The fraction of sp³-hybridized carbons (Fsp3) is 0.125. The summed E-state index contributed by atoms with van der Waals surface area (Å²) in [6, 6.07) is 7.88. The molecule has 0 saturated carbocycles. The molecule has 24 heavy (non-hydrogen) atoms. The van der Waals surface area contributed by atoms with Crippen LogP contribution in [0.2, 0.25) is 5.02 Å². The highest BCUT2D eigenvalue weighted by atomic mass is 35.5. The lowest BCUT2D eigenvalue weighted by Gasteiger charge is -2.04. The first-order valence-electron chi connectivity index (χ1n) is 7.17. The van der Waals surface area contributed by atoms with Crippen LogP contribution in [0.5, 0.6) is 0 Å². The highest BCUT2D eigenvalue weighted by Crippen LogP contribution is 2.11. The molecule has 0 fully saturated rings. The van der Waals surface area contributed by atoms with Crippen molar-refractivity contribution in [2.45, 2.75) is 6.42 Å². The van der Waals surface area contributed by atoms with E-state index in [9.17, 15) is 9.18 Å². The van der Waals surface area contributed by atoms with E-state index >= 15 is 0 Å². The van der Waals surface area contributed by atoms with E-state index in [1.165, 1.54) is 24.7 Å². The van der Waals surface area contributed by atoms with Crippen molar-refractivity contribution < 1.29 is 9.18 Å². The zero-order valence-corrected chi connectivity index (χ0v) is 13.2. The number of halogens is 2. The van der Waals surface area contributed by atoms with E-state index in [-0.39, 0.29) is 22.4 Å². The third-order valence-corrected chi connectivity index (χ3v) is 3.56. The van der Waals surface area contributed by atoms with E-state index in [0.717, 1.165) is 11.4 Å². The Bertz CT molecular complexity index is 850. The van der Waals surface area contributed by atoms with Crippen molar-refractivity contribution in [2.75, 3.05) is 6.54 Å². The van der Waals surface area contributed by atoms with Gasteiger partial charge >= 0.3 is 0 Å². The van der Waals surface area contributed by atoms with Crippen LogP contribution in [-0.4, -0.2) is 32.2 Å². The molecule has 0 spiro atoms. The molecule has 122 valence electrons. The van der Waals surface area contributed by atoms with Crippen molar-refractivity contribution in [3.05, 3.63) is 71.3 Å². The average Bonchev–Trinajstić information content (AvgIpc) is 3.04. The number of hydrogen-bond acceptors (Lipinski definition) is 4. The lowest BCUT2D eigenvalue weighted by Crippen LogP contribution is -2.27. The summed E-state index contributed by atoms with van der Waals surface area (Å²) in [5.41, 5.74) is 1.70. The Morgan fingerprint density at radius 2 is 2.04 bits per heavy atom. The molecule has 3 aromatic rings.